The normalized spacial score (nSPS) is 11.2. The van der Waals surface area contributed by atoms with Crippen molar-refractivity contribution in [2.24, 2.45) is 21.5 Å². The van der Waals surface area contributed by atoms with E-state index in [0.717, 1.165) is 11.5 Å². The van der Waals surface area contributed by atoms with Gasteiger partial charge >= 0.3 is 17.7 Å². The second-order valence-electron chi connectivity index (χ2n) is 9.77. The summed E-state index contributed by atoms with van der Waals surface area (Å²) >= 11 is 0. The van der Waals surface area contributed by atoms with Gasteiger partial charge in [0, 0.05) is 23.3 Å². The Hall–Kier alpha value is -7.30. The smallest absolute Gasteiger partial charge is 0.433 e. The van der Waals surface area contributed by atoms with Gasteiger partial charge in [0.15, 0.2) is 0 Å². The molecule has 0 amide bonds. The van der Waals surface area contributed by atoms with Gasteiger partial charge in [0.1, 0.15) is 37.8 Å². The quantitative estimate of drug-likeness (QED) is 0.0750. The van der Waals surface area contributed by atoms with Crippen molar-refractivity contribution in [3.8, 4) is 0 Å². The van der Waals surface area contributed by atoms with Gasteiger partial charge in [-0.25, -0.2) is 0 Å². The molecular weight excluding hydrogens is 678 g/mol. The Bertz CT molecular complexity index is 1860. The molecule has 4 N–H and O–H groups in total. The number of hydrogen-bond acceptors (Lipinski definition) is 14. The molecule has 0 saturated heterocycles. The van der Waals surface area contributed by atoms with Gasteiger partial charge in [-0.05, 0) is 87.6 Å². The topological polar surface area (TPSA) is 259 Å². The molecule has 0 aliphatic carbocycles. The van der Waals surface area contributed by atoms with E-state index in [1.807, 2.05) is 45.1 Å². The van der Waals surface area contributed by atoms with Crippen LogP contribution in [-0.2, 0) is 0 Å². The van der Waals surface area contributed by atoms with Crippen LogP contribution in [0.15, 0.2) is 131 Å². The SMILES string of the molecule is C/C=C/c1ccc([N+](=O)[O-])o1.C/C=C\c1ccc([N+](=O)[O-])o1.C=C(N)CN=C(C)/C=C/c1ccco1.C=C(N)CN=C/C=C/c1ccc([N+](=O)[O-])o1. The van der Waals surface area contributed by atoms with Crippen LogP contribution in [0.1, 0.15) is 43.8 Å². The maximum Gasteiger partial charge on any atom is 0.433 e. The Kier molecular flexibility index (Phi) is 19.7. The number of aliphatic imine (C=N–C) groups is 2. The summed E-state index contributed by atoms with van der Waals surface area (Å²) < 4.78 is 19.6. The lowest BCUT2D eigenvalue weighted by molar-refractivity contribution is -0.402. The van der Waals surface area contributed by atoms with E-state index in [0.29, 0.717) is 41.8 Å². The Balaban J connectivity index is 0.000000351. The molecule has 0 fully saturated rings. The first-order valence-corrected chi connectivity index (χ1v) is 15.0. The van der Waals surface area contributed by atoms with Gasteiger partial charge in [0.2, 0.25) is 0 Å². The third-order valence-corrected chi connectivity index (χ3v) is 5.35. The van der Waals surface area contributed by atoms with Crippen LogP contribution in [0.4, 0.5) is 17.7 Å². The molecule has 0 radical (unpaired) electrons. The highest BCUT2D eigenvalue weighted by Crippen LogP contribution is 2.18. The molecule has 4 rings (SSSR count). The van der Waals surface area contributed by atoms with Crippen LogP contribution in [0.3, 0.4) is 0 Å². The highest BCUT2D eigenvalue weighted by atomic mass is 16.7. The van der Waals surface area contributed by atoms with E-state index in [4.69, 9.17) is 29.1 Å². The minimum absolute atomic E-state index is 0.224. The van der Waals surface area contributed by atoms with Crippen molar-refractivity contribution in [1.29, 1.82) is 0 Å². The van der Waals surface area contributed by atoms with Gasteiger partial charge in [-0.15, -0.1) is 0 Å². The number of furan rings is 4. The van der Waals surface area contributed by atoms with Gasteiger partial charge < -0.3 is 29.1 Å². The van der Waals surface area contributed by atoms with Crippen LogP contribution in [0.2, 0.25) is 0 Å². The van der Waals surface area contributed by atoms with Gasteiger partial charge in [0.25, 0.3) is 0 Å². The van der Waals surface area contributed by atoms with Gasteiger partial charge in [0.05, 0.1) is 37.6 Å². The minimum Gasteiger partial charge on any atom is -0.465 e. The molecular formula is C35H39N7O10. The molecule has 17 nitrogen and oxygen atoms in total. The fourth-order valence-corrected chi connectivity index (χ4v) is 3.15. The highest BCUT2D eigenvalue weighted by Gasteiger charge is 2.10. The molecule has 17 heteroatoms. The molecule has 0 saturated carbocycles. The molecule has 4 aromatic heterocycles. The first-order chi connectivity index (χ1) is 24.7. The summed E-state index contributed by atoms with van der Waals surface area (Å²) in [5.41, 5.74) is 12.6. The van der Waals surface area contributed by atoms with Crippen LogP contribution in [0, 0.1) is 30.3 Å². The fraction of sp³-hybridized carbons (Fsp3) is 0.143. The monoisotopic (exact) mass is 717 g/mol. The molecule has 0 aromatic carbocycles. The van der Waals surface area contributed by atoms with E-state index >= 15 is 0 Å². The second-order valence-corrected chi connectivity index (χ2v) is 9.77. The van der Waals surface area contributed by atoms with E-state index in [1.54, 1.807) is 54.9 Å². The van der Waals surface area contributed by atoms with Crippen molar-refractivity contribution >= 4 is 53.9 Å². The Morgan fingerprint density at radius 2 is 1.17 bits per heavy atom. The van der Waals surface area contributed by atoms with Gasteiger partial charge in [-0.1, -0.05) is 25.3 Å². The Morgan fingerprint density at radius 3 is 1.54 bits per heavy atom. The summed E-state index contributed by atoms with van der Waals surface area (Å²) in [5.74, 6) is 1.47. The summed E-state index contributed by atoms with van der Waals surface area (Å²) in [6.07, 6.45) is 16.9. The lowest BCUT2D eigenvalue weighted by Gasteiger charge is -1.93. The summed E-state index contributed by atoms with van der Waals surface area (Å²) in [7, 11) is 0. The third-order valence-electron chi connectivity index (χ3n) is 5.35. The molecule has 0 atom stereocenters. The lowest BCUT2D eigenvalue weighted by atomic mass is 10.3. The van der Waals surface area contributed by atoms with E-state index in [-0.39, 0.29) is 17.7 Å². The third kappa shape index (κ3) is 18.9. The van der Waals surface area contributed by atoms with Crippen molar-refractivity contribution < 1.29 is 32.4 Å². The van der Waals surface area contributed by atoms with Crippen LogP contribution >= 0.6 is 0 Å². The van der Waals surface area contributed by atoms with Crippen molar-refractivity contribution in [2.75, 3.05) is 13.1 Å². The summed E-state index contributed by atoms with van der Waals surface area (Å²) in [6.45, 7) is 13.4. The Morgan fingerprint density at radius 1 is 0.712 bits per heavy atom. The number of allylic oxidation sites excluding steroid dienone is 4. The zero-order valence-corrected chi connectivity index (χ0v) is 28.7. The number of nitrogens with zero attached hydrogens (tertiary/aromatic N) is 5. The van der Waals surface area contributed by atoms with E-state index in [9.17, 15) is 30.3 Å². The van der Waals surface area contributed by atoms with E-state index < -0.39 is 14.8 Å². The standard InChI is InChI=1S/C11H14N2O.C10H11N3O3.2C7H7NO3/c1-9(12)8-13-10(2)5-6-11-4-3-7-14-11;1-8(11)7-12-6-2-3-9-4-5-10(16-9)13(14)15;2*1-2-3-6-4-5-7(11-6)8(9)10/h3-7H,1,8,12H2,2H3;2-6H,1,7,11H2;2*2-5H,1H3/b6-5+,13-10?;3-2+,12-6?;3-2+;3-2-. The summed E-state index contributed by atoms with van der Waals surface area (Å²) in [4.78, 5) is 36.9. The first kappa shape index (κ1) is 42.7. The molecule has 0 spiro atoms. The average Bonchev–Trinajstić information content (AvgIpc) is 3.92. The zero-order valence-electron chi connectivity index (χ0n) is 28.7. The predicted octanol–water partition coefficient (Wildman–Crippen LogP) is 8.41. The van der Waals surface area contributed by atoms with E-state index in [2.05, 4.69) is 23.1 Å². The van der Waals surface area contributed by atoms with Crippen molar-refractivity contribution in [1.82, 2.24) is 0 Å². The minimum atomic E-state index is -0.593. The number of rotatable bonds is 13. The summed E-state index contributed by atoms with van der Waals surface area (Å²) in [6, 6.07) is 12.3. The molecule has 4 aromatic rings. The molecule has 4 heterocycles. The van der Waals surface area contributed by atoms with Crippen LogP contribution < -0.4 is 11.5 Å². The largest absolute Gasteiger partial charge is 0.465 e. The average molecular weight is 718 g/mol. The van der Waals surface area contributed by atoms with Crippen molar-refractivity contribution in [3.63, 3.8) is 0 Å². The first-order valence-electron chi connectivity index (χ1n) is 15.0. The van der Waals surface area contributed by atoms with Crippen molar-refractivity contribution in [2.45, 2.75) is 20.8 Å². The fourth-order valence-electron chi connectivity index (χ4n) is 3.15. The number of nitro groups is 3. The Labute approximate surface area is 298 Å². The molecule has 0 aliphatic rings. The van der Waals surface area contributed by atoms with Crippen LogP contribution in [-0.4, -0.2) is 39.8 Å². The van der Waals surface area contributed by atoms with Crippen LogP contribution in [0.25, 0.3) is 24.3 Å². The maximum absolute atomic E-state index is 10.3. The molecule has 274 valence electrons. The highest BCUT2D eigenvalue weighted by molar-refractivity contribution is 5.96. The predicted molar refractivity (Wildman–Crippen MR) is 200 cm³/mol. The maximum atomic E-state index is 10.3. The molecule has 0 bridgehead atoms. The molecule has 52 heavy (non-hydrogen) atoms. The van der Waals surface area contributed by atoms with Gasteiger partial charge in [-0.3, -0.25) is 40.3 Å². The molecule has 0 unspecified atom stereocenters. The molecule has 0 aliphatic heterocycles. The van der Waals surface area contributed by atoms with Crippen LogP contribution in [0.5, 0.6) is 0 Å². The lowest BCUT2D eigenvalue weighted by Crippen LogP contribution is -2.00. The second kappa shape index (κ2) is 23.9. The summed E-state index contributed by atoms with van der Waals surface area (Å²) in [5, 5.41) is 30.5. The number of nitrogens with two attached hydrogens (primary N) is 2. The van der Waals surface area contributed by atoms with Crippen molar-refractivity contribution in [3.05, 3.63) is 157 Å². The zero-order chi connectivity index (χ0) is 38.9. The number of hydrogen-bond donors (Lipinski definition) is 2. The van der Waals surface area contributed by atoms with Gasteiger partial charge in [-0.2, -0.15) is 0 Å². The van der Waals surface area contributed by atoms with E-state index in [1.165, 1.54) is 30.5 Å².